The molecule has 3 heterocycles. The normalized spacial score (nSPS) is 18.1. The number of carbonyl (C=O) groups is 1. The highest BCUT2D eigenvalue weighted by atomic mass is 16.5. The summed E-state index contributed by atoms with van der Waals surface area (Å²) >= 11 is 0. The molecule has 4 rings (SSSR count). The van der Waals surface area contributed by atoms with Gasteiger partial charge in [-0.1, -0.05) is 6.07 Å². The van der Waals surface area contributed by atoms with Gasteiger partial charge >= 0.3 is 0 Å². The molecule has 0 saturated carbocycles. The summed E-state index contributed by atoms with van der Waals surface area (Å²) in [6.07, 6.45) is 4.11. The largest absolute Gasteiger partial charge is 0.379 e. The predicted molar refractivity (Wildman–Crippen MR) is 102 cm³/mol. The van der Waals surface area contributed by atoms with Gasteiger partial charge in [-0.2, -0.15) is 15.3 Å². The van der Waals surface area contributed by atoms with Crippen LogP contribution < -0.4 is 0 Å². The van der Waals surface area contributed by atoms with Crippen molar-refractivity contribution >= 4 is 16.7 Å². The second-order valence-corrected chi connectivity index (χ2v) is 7.12. The molecule has 1 aliphatic rings. The van der Waals surface area contributed by atoms with Crippen LogP contribution in [0.25, 0.3) is 22.0 Å². The summed E-state index contributed by atoms with van der Waals surface area (Å²) < 4.78 is 7.21. The van der Waals surface area contributed by atoms with Crippen LogP contribution in [0.5, 0.6) is 0 Å². The molecular formula is C20H23N5O2. The van der Waals surface area contributed by atoms with E-state index in [1.165, 1.54) is 0 Å². The predicted octanol–water partition coefficient (Wildman–Crippen LogP) is 1.86. The maximum Gasteiger partial charge on any atom is 0.152 e. The lowest BCUT2D eigenvalue weighted by molar-refractivity contribution is -0.121. The van der Waals surface area contributed by atoms with Gasteiger partial charge in [0.1, 0.15) is 0 Å². The molecule has 7 heteroatoms. The van der Waals surface area contributed by atoms with Crippen molar-refractivity contribution in [3.8, 4) is 11.1 Å². The molecule has 1 aliphatic heterocycles. The molecule has 140 valence electrons. The molecule has 0 spiro atoms. The van der Waals surface area contributed by atoms with Crippen LogP contribution in [0.3, 0.4) is 0 Å². The highest BCUT2D eigenvalue weighted by Crippen LogP contribution is 2.23. The molecule has 1 fully saturated rings. The number of aryl methyl sites for hydroxylation is 1. The Kier molecular flexibility index (Phi) is 4.96. The van der Waals surface area contributed by atoms with Crippen molar-refractivity contribution in [3.05, 3.63) is 42.4 Å². The van der Waals surface area contributed by atoms with Gasteiger partial charge in [0, 0.05) is 36.8 Å². The molecule has 1 aromatic carbocycles. The first-order valence-corrected chi connectivity index (χ1v) is 9.17. The third-order valence-corrected chi connectivity index (χ3v) is 4.94. The number of hydrogen-bond donors (Lipinski definition) is 0. The molecule has 2 aromatic heterocycles. The summed E-state index contributed by atoms with van der Waals surface area (Å²) in [5.74, 6) is 0.154. The van der Waals surface area contributed by atoms with Crippen molar-refractivity contribution < 1.29 is 9.53 Å². The summed E-state index contributed by atoms with van der Waals surface area (Å²) in [6, 6.07) is 8.26. The number of aromatic nitrogens is 4. The highest BCUT2D eigenvalue weighted by molar-refractivity contribution is 5.86. The Bertz CT molecular complexity index is 968. The molecule has 0 aliphatic carbocycles. The molecule has 1 atom stereocenters. The van der Waals surface area contributed by atoms with Gasteiger partial charge in [0.15, 0.2) is 5.78 Å². The van der Waals surface area contributed by atoms with Crippen LogP contribution in [-0.2, 0) is 23.0 Å². The van der Waals surface area contributed by atoms with Crippen LogP contribution in [-0.4, -0.2) is 63.0 Å². The van der Waals surface area contributed by atoms with Gasteiger partial charge in [0.2, 0.25) is 0 Å². The maximum atomic E-state index is 12.5. The van der Waals surface area contributed by atoms with E-state index in [0.717, 1.165) is 28.6 Å². The van der Waals surface area contributed by atoms with E-state index in [1.807, 2.05) is 37.6 Å². The fourth-order valence-electron chi connectivity index (χ4n) is 3.40. The van der Waals surface area contributed by atoms with Crippen LogP contribution >= 0.6 is 0 Å². The van der Waals surface area contributed by atoms with Gasteiger partial charge in [-0.15, -0.1) is 0 Å². The second kappa shape index (κ2) is 7.54. The standard InChI is InChI=1S/C20H23N5O2/c1-14-13-27-6-5-25(14)12-19(26)9-18-8-16-7-15(3-4-20(16)23-22-18)17-10-21-24(2)11-17/h3-4,7-8,10-11,14H,5-6,9,12-13H2,1-2H3/t14-/m0/s1. The van der Waals surface area contributed by atoms with Gasteiger partial charge in [-0.25, -0.2) is 0 Å². The van der Waals surface area contributed by atoms with E-state index < -0.39 is 0 Å². The molecule has 0 unspecified atom stereocenters. The quantitative estimate of drug-likeness (QED) is 0.687. The van der Waals surface area contributed by atoms with Crippen molar-refractivity contribution in [2.24, 2.45) is 7.05 Å². The number of carbonyl (C=O) groups excluding carboxylic acids is 1. The van der Waals surface area contributed by atoms with Crippen molar-refractivity contribution in [1.29, 1.82) is 0 Å². The molecule has 0 radical (unpaired) electrons. The zero-order valence-corrected chi connectivity index (χ0v) is 15.6. The Labute approximate surface area is 157 Å². The van der Waals surface area contributed by atoms with E-state index in [2.05, 4.69) is 33.2 Å². The third-order valence-electron chi connectivity index (χ3n) is 4.94. The van der Waals surface area contributed by atoms with Crippen LogP contribution in [0, 0.1) is 0 Å². The van der Waals surface area contributed by atoms with Crippen LogP contribution in [0.2, 0.25) is 0 Å². The lowest BCUT2D eigenvalue weighted by Gasteiger charge is -2.32. The number of ketones is 1. The summed E-state index contributed by atoms with van der Waals surface area (Å²) in [7, 11) is 1.90. The number of Topliss-reactive ketones (excluding diaryl/α,β-unsaturated/α-hetero) is 1. The SMILES string of the molecule is C[C@H]1COCCN1CC(=O)Cc1cc2cc(-c3cnn(C)c3)ccc2nn1. The Balaban J connectivity index is 1.51. The Morgan fingerprint density at radius 2 is 2.15 bits per heavy atom. The molecule has 7 nitrogen and oxygen atoms in total. The minimum atomic E-state index is 0.154. The molecular weight excluding hydrogens is 342 g/mol. The van der Waals surface area contributed by atoms with Crippen LogP contribution in [0.4, 0.5) is 0 Å². The minimum absolute atomic E-state index is 0.154. The van der Waals surface area contributed by atoms with E-state index in [1.54, 1.807) is 4.68 Å². The zero-order chi connectivity index (χ0) is 18.8. The Hall–Kier alpha value is -2.64. The average molecular weight is 365 g/mol. The number of ether oxygens (including phenoxy) is 1. The molecule has 27 heavy (non-hydrogen) atoms. The minimum Gasteiger partial charge on any atom is -0.379 e. The van der Waals surface area contributed by atoms with Gasteiger partial charge in [-0.3, -0.25) is 14.4 Å². The first-order valence-electron chi connectivity index (χ1n) is 9.17. The summed E-state index contributed by atoms with van der Waals surface area (Å²) in [4.78, 5) is 14.7. The number of benzene rings is 1. The molecule has 0 amide bonds. The first kappa shape index (κ1) is 17.8. The first-order chi connectivity index (χ1) is 13.1. The number of rotatable bonds is 5. The summed E-state index contributed by atoms with van der Waals surface area (Å²) in [6.45, 7) is 4.68. The number of morpholine rings is 1. The zero-order valence-electron chi connectivity index (χ0n) is 15.6. The third kappa shape index (κ3) is 4.04. The molecule has 0 bridgehead atoms. The Morgan fingerprint density at radius 1 is 1.26 bits per heavy atom. The fourth-order valence-corrected chi connectivity index (χ4v) is 3.40. The van der Waals surface area contributed by atoms with Crippen molar-refractivity contribution in [1.82, 2.24) is 24.9 Å². The highest BCUT2D eigenvalue weighted by Gasteiger charge is 2.21. The number of hydrogen-bond acceptors (Lipinski definition) is 6. The lowest BCUT2D eigenvalue weighted by Crippen LogP contribution is -2.46. The van der Waals surface area contributed by atoms with E-state index in [4.69, 9.17) is 4.74 Å². The Morgan fingerprint density at radius 3 is 2.93 bits per heavy atom. The molecule has 3 aromatic rings. The van der Waals surface area contributed by atoms with E-state index in [0.29, 0.717) is 31.9 Å². The van der Waals surface area contributed by atoms with Gasteiger partial charge in [0.25, 0.3) is 0 Å². The second-order valence-electron chi connectivity index (χ2n) is 7.12. The number of fused-ring (bicyclic) bond motifs is 1. The maximum absolute atomic E-state index is 12.5. The topological polar surface area (TPSA) is 73.1 Å². The lowest BCUT2D eigenvalue weighted by atomic mass is 10.1. The summed E-state index contributed by atoms with van der Waals surface area (Å²) in [5.41, 5.74) is 3.65. The van der Waals surface area contributed by atoms with Crippen molar-refractivity contribution in [3.63, 3.8) is 0 Å². The molecule has 1 saturated heterocycles. The molecule has 0 N–H and O–H groups in total. The van der Waals surface area contributed by atoms with Gasteiger partial charge in [0.05, 0.1) is 43.6 Å². The number of nitrogens with zero attached hydrogens (tertiary/aromatic N) is 5. The van der Waals surface area contributed by atoms with Gasteiger partial charge < -0.3 is 4.74 Å². The van der Waals surface area contributed by atoms with Crippen molar-refractivity contribution in [2.45, 2.75) is 19.4 Å². The van der Waals surface area contributed by atoms with E-state index >= 15 is 0 Å². The van der Waals surface area contributed by atoms with Crippen molar-refractivity contribution in [2.75, 3.05) is 26.3 Å². The fraction of sp³-hybridized carbons (Fsp3) is 0.400. The van der Waals surface area contributed by atoms with E-state index in [9.17, 15) is 4.79 Å². The van der Waals surface area contributed by atoms with E-state index in [-0.39, 0.29) is 11.8 Å². The smallest absolute Gasteiger partial charge is 0.152 e. The van der Waals surface area contributed by atoms with Crippen LogP contribution in [0.15, 0.2) is 36.7 Å². The average Bonchev–Trinajstić information content (AvgIpc) is 3.09. The van der Waals surface area contributed by atoms with Crippen LogP contribution in [0.1, 0.15) is 12.6 Å². The van der Waals surface area contributed by atoms with Gasteiger partial charge in [-0.05, 0) is 30.7 Å². The monoisotopic (exact) mass is 365 g/mol. The summed E-state index contributed by atoms with van der Waals surface area (Å²) in [5, 5.41) is 13.7.